The maximum atomic E-state index is 14.1. The van der Waals surface area contributed by atoms with E-state index in [-0.39, 0.29) is 28.6 Å². The highest BCUT2D eigenvalue weighted by Gasteiger charge is 2.25. The van der Waals surface area contributed by atoms with E-state index in [0.29, 0.717) is 41.2 Å². The van der Waals surface area contributed by atoms with Crippen molar-refractivity contribution in [2.45, 2.75) is 30.3 Å². The molecule has 1 fully saturated rings. The number of nitriles is 1. The minimum Gasteiger partial charge on any atom is -0.355 e. The van der Waals surface area contributed by atoms with Crippen LogP contribution in [-0.4, -0.2) is 48.3 Å². The molecular weight excluding hydrogens is 495 g/mol. The Morgan fingerprint density at radius 1 is 1.27 bits per heavy atom. The third-order valence-corrected chi connectivity index (χ3v) is 7.71. The van der Waals surface area contributed by atoms with E-state index in [1.54, 1.807) is 24.4 Å². The van der Waals surface area contributed by atoms with Gasteiger partial charge in [0.2, 0.25) is 5.95 Å². The molecule has 1 saturated heterocycles. The molecule has 1 aliphatic heterocycles. The summed E-state index contributed by atoms with van der Waals surface area (Å²) in [4.78, 5) is 23.7. The molecule has 0 spiro atoms. The Balaban J connectivity index is 1.72. The number of hydrogen-bond acceptors (Lipinski definition) is 7. The van der Waals surface area contributed by atoms with Crippen molar-refractivity contribution in [2.75, 3.05) is 24.2 Å². The van der Waals surface area contributed by atoms with Gasteiger partial charge >= 0.3 is 0 Å². The molecule has 0 saturated carbocycles. The van der Waals surface area contributed by atoms with Gasteiger partial charge in [0.25, 0.3) is 5.56 Å². The van der Waals surface area contributed by atoms with E-state index in [0.717, 1.165) is 19.1 Å². The Labute approximate surface area is 212 Å². The molecule has 3 N–H and O–H groups in total. The van der Waals surface area contributed by atoms with E-state index in [9.17, 15) is 22.9 Å². The topological polar surface area (TPSA) is 138 Å². The fraction of sp³-hybridized carbons (Fsp3) is 0.269. The van der Waals surface area contributed by atoms with Gasteiger partial charge in [0, 0.05) is 37.1 Å². The number of aromatic amines is 1. The average molecular weight is 521 g/mol. The first-order chi connectivity index (χ1) is 17.7. The largest absolute Gasteiger partial charge is 0.355 e. The molecule has 5 rings (SSSR count). The predicted octanol–water partition coefficient (Wildman–Crippen LogP) is 2.78. The van der Waals surface area contributed by atoms with Crippen molar-refractivity contribution in [2.24, 2.45) is 5.73 Å². The molecule has 190 valence electrons. The van der Waals surface area contributed by atoms with Crippen LogP contribution in [0.5, 0.6) is 0 Å². The van der Waals surface area contributed by atoms with Gasteiger partial charge in [-0.1, -0.05) is 12.1 Å². The number of benzene rings is 2. The Bertz CT molecular complexity index is 1720. The van der Waals surface area contributed by atoms with Gasteiger partial charge in [-0.15, -0.1) is 0 Å². The van der Waals surface area contributed by atoms with Crippen molar-refractivity contribution >= 4 is 26.8 Å². The molecule has 11 heteroatoms. The summed E-state index contributed by atoms with van der Waals surface area (Å²) < 4.78 is 39.7. The Hall–Kier alpha value is -4.01. The highest BCUT2D eigenvalue weighted by molar-refractivity contribution is 7.90. The summed E-state index contributed by atoms with van der Waals surface area (Å²) in [6.07, 6.45) is 4.42. The second kappa shape index (κ2) is 9.46. The molecule has 0 radical (unpaired) electrons. The summed E-state index contributed by atoms with van der Waals surface area (Å²) in [6.45, 7) is 1.06. The fourth-order valence-electron chi connectivity index (χ4n) is 4.74. The molecule has 1 aliphatic rings. The van der Waals surface area contributed by atoms with Crippen LogP contribution in [0.4, 0.5) is 10.3 Å². The normalized spacial score (nSPS) is 16.2. The number of aromatic nitrogens is 3. The number of halogens is 1. The van der Waals surface area contributed by atoms with Gasteiger partial charge in [-0.25, -0.2) is 17.8 Å². The van der Waals surface area contributed by atoms with Crippen molar-refractivity contribution in [3.05, 3.63) is 76.0 Å². The minimum absolute atomic E-state index is 0.0542. The maximum Gasteiger partial charge on any atom is 0.279 e. The molecule has 9 nitrogen and oxygen atoms in total. The number of anilines is 1. The van der Waals surface area contributed by atoms with Crippen LogP contribution in [0.2, 0.25) is 0 Å². The maximum absolute atomic E-state index is 14.1. The SMILES string of the molecule is CS(=O)(=O)c1cccc(-c2c[nH]c3c(=O)n(Cc4cc(F)ccc4C#N)c(N4CCC[C@@H](N)C4)nc23)c1. The lowest BCUT2D eigenvalue weighted by molar-refractivity contribution is 0.491. The summed E-state index contributed by atoms with van der Waals surface area (Å²) in [5, 5.41) is 9.54. The quantitative estimate of drug-likeness (QED) is 0.413. The van der Waals surface area contributed by atoms with Gasteiger partial charge in [-0.2, -0.15) is 5.26 Å². The predicted molar refractivity (Wildman–Crippen MR) is 139 cm³/mol. The number of fused-ring (bicyclic) bond motifs is 1. The second-order valence-electron chi connectivity index (χ2n) is 9.29. The van der Waals surface area contributed by atoms with E-state index in [1.807, 2.05) is 4.90 Å². The number of rotatable bonds is 5. The number of sulfone groups is 1. The summed E-state index contributed by atoms with van der Waals surface area (Å²) >= 11 is 0. The zero-order chi connectivity index (χ0) is 26.3. The molecule has 37 heavy (non-hydrogen) atoms. The van der Waals surface area contributed by atoms with E-state index < -0.39 is 21.2 Å². The standard InChI is InChI=1S/C26H25FN6O3S/c1-37(35,36)21-6-2-4-16(11-21)22-13-30-24-23(22)31-26(32-9-3-5-20(29)15-32)33(25(24)34)14-18-10-19(27)8-7-17(18)12-28/h2,4,6-8,10-11,13,20,30H,3,5,9,14-15,29H2,1H3/t20-/m1/s1. The lowest BCUT2D eigenvalue weighted by atomic mass is 10.1. The molecule has 4 aromatic rings. The zero-order valence-electron chi connectivity index (χ0n) is 20.1. The van der Waals surface area contributed by atoms with Crippen LogP contribution in [-0.2, 0) is 16.4 Å². The van der Waals surface area contributed by atoms with E-state index >= 15 is 0 Å². The third-order valence-electron chi connectivity index (χ3n) is 6.60. The van der Waals surface area contributed by atoms with Crippen molar-refractivity contribution < 1.29 is 12.8 Å². The van der Waals surface area contributed by atoms with Crippen LogP contribution in [0.1, 0.15) is 24.0 Å². The summed E-state index contributed by atoms with van der Waals surface area (Å²) in [6, 6.07) is 12.3. The highest BCUT2D eigenvalue weighted by atomic mass is 32.2. The van der Waals surface area contributed by atoms with Crippen molar-refractivity contribution in [3.63, 3.8) is 0 Å². The van der Waals surface area contributed by atoms with Crippen molar-refractivity contribution in [1.29, 1.82) is 5.26 Å². The molecule has 1 atom stereocenters. The van der Waals surface area contributed by atoms with Crippen LogP contribution in [0, 0.1) is 17.1 Å². The summed E-state index contributed by atoms with van der Waals surface area (Å²) in [7, 11) is -3.44. The van der Waals surface area contributed by atoms with Crippen LogP contribution >= 0.6 is 0 Å². The molecular formula is C26H25FN6O3S. The molecule has 0 aliphatic carbocycles. The molecule has 0 unspecified atom stereocenters. The van der Waals surface area contributed by atoms with Gasteiger partial charge < -0.3 is 15.6 Å². The lowest BCUT2D eigenvalue weighted by Gasteiger charge is -2.33. The minimum atomic E-state index is -3.44. The first-order valence-corrected chi connectivity index (χ1v) is 13.7. The molecule has 2 aromatic carbocycles. The van der Waals surface area contributed by atoms with E-state index in [4.69, 9.17) is 10.7 Å². The summed E-state index contributed by atoms with van der Waals surface area (Å²) in [5.41, 5.74) is 8.25. The number of nitrogens with two attached hydrogens (primary N) is 1. The number of H-pyrrole nitrogens is 1. The smallest absolute Gasteiger partial charge is 0.279 e. The van der Waals surface area contributed by atoms with Gasteiger partial charge in [-0.05, 0) is 54.3 Å². The van der Waals surface area contributed by atoms with Crippen molar-refractivity contribution in [1.82, 2.24) is 14.5 Å². The Morgan fingerprint density at radius 3 is 2.81 bits per heavy atom. The highest BCUT2D eigenvalue weighted by Crippen LogP contribution is 2.30. The monoisotopic (exact) mass is 520 g/mol. The molecule has 3 heterocycles. The van der Waals surface area contributed by atoms with Crippen molar-refractivity contribution in [3.8, 4) is 17.2 Å². The van der Waals surface area contributed by atoms with Gasteiger partial charge in [-0.3, -0.25) is 9.36 Å². The lowest BCUT2D eigenvalue weighted by Crippen LogP contribution is -2.45. The molecule has 0 amide bonds. The van der Waals surface area contributed by atoms with Gasteiger partial charge in [0.1, 0.15) is 16.9 Å². The van der Waals surface area contributed by atoms with E-state index in [1.165, 1.54) is 28.8 Å². The van der Waals surface area contributed by atoms with Crippen LogP contribution in [0.15, 0.2) is 58.4 Å². The first kappa shape index (κ1) is 24.7. The number of piperidine rings is 1. The Kier molecular flexibility index (Phi) is 6.31. The number of hydrogen-bond donors (Lipinski definition) is 2. The van der Waals surface area contributed by atoms with Crippen LogP contribution in [0.25, 0.3) is 22.2 Å². The number of nitrogens with one attached hydrogen (secondary N) is 1. The molecule has 2 aromatic heterocycles. The van der Waals surface area contributed by atoms with Gasteiger partial charge in [0.15, 0.2) is 9.84 Å². The number of nitrogens with zero attached hydrogens (tertiary/aromatic N) is 4. The van der Waals surface area contributed by atoms with E-state index in [2.05, 4.69) is 11.1 Å². The zero-order valence-corrected chi connectivity index (χ0v) is 20.9. The third kappa shape index (κ3) is 4.73. The Morgan fingerprint density at radius 2 is 2.08 bits per heavy atom. The summed E-state index contributed by atoms with van der Waals surface area (Å²) in [5.74, 6) is -0.147. The van der Waals surface area contributed by atoms with Crippen LogP contribution < -0.4 is 16.2 Å². The van der Waals surface area contributed by atoms with Gasteiger partial charge in [0.05, 0.1) is 23.1 Å². The fourth-order valence-corrected chi connectivity index (χ4v) is 5.41. The van der Waals surface area contributed by atoms with Crippen LogP contribution in [0.3, 0.4) is 0 Å². The molecule has 0 bridgehead atoms. The first-order valence-electron chi connectivity index (χ1n) is 11.8. The second-order valence-corrected chi connectivity index (χ2v) is 11.3. The average Bonchev–Trinajstić information content (AvgIpc) is 3.30.